The monoisotopic (exact) mass is 138 g/mol. The van der Waals surface area contributed by atoms with Crippen molar-refractivity contribution < 1.29 is 13.2 Å². The van der Waals surface area contributed by atoms with Crippen molar-refractivity contribution in [3.8, 4) is 0 Å². The standard InChI is InChI=1S/C2HF3.2C2H4/c3-1-2(4)5;2*1-2/h1H;2*1-2H2. The van der Waals surface area contributed by atoms with Crippen molar-refractivity contribution in [1.82, 2.24) is 0 Å². The van der Waals surface area contributed by atoms with Crippen LogP contribution in [0, 0.1) is 0 Å². The van der Waals surface area contributed by atoms with Crippen LogP contribution >= 0.6 is 0 Å². The summed E-state index contributed by atoms with van der Waals surface area (Å²) in [5.41, 5.74) is 0. The fourth-order valence-electron chi connectivity index (χ4n) is 0. The maximum Gasteiger partial charge on any atom is 0.298 e. The predicted octanol–water partition coefficient (Wildman–Crippen LogP) is 3.30. The largest absolute Gasteiger partial charge is 0.298 e. The molecular weight excluding hydrogens is 129 g/mol. The summed E-state index contributed by atoms with van der Waals surface area (Å²) < 4.78 is 30.7. The van der Waals surface area contributed by atoms with Gasteiger partial charge in [0.1, 0.15) is 0 Å². The minimum absolute atomic E-state index is 0.750. The molecule has 9 heavy (non-hydrogen) atoms. The average molecular weight is 138 g/mol. The maximum atomic E-state index is 10.2. The number of hydrogen-bond donors (Lipinski definition) is 0. The molecule has 0 aliphatic heterocycles. The van der Waals surface area contributed by atoms with E-state index in [1.807, 2.05) is 0 Å². The maximum absolute atomic E-state index is 10.2. The Morgan fingerprint density at radius 1 is 1.00 bits per heavy atom. The molecular formula is C6H9F3. The van der Waals surface area contributed by atoms with E-state index < -0.39 is 12.4 Å². The fraction of sp³-hybridized carbons (Fsp3) is 0. The van der Waals surface area contributed by atoms with Crippen LogP contribution in [0.3, 0.4) is 0 Å². The van der Waals surface area contributed by atoms with Gasteiger partial charge in [0.25, 0.3) is 6.08 Å². The fourth-order valence-corrected chi connectivity index (χ4v) is 0. The smallest absolute Gasteiger partial charge is 0.210 e. The third-order valence-electron chi connectivity index (χ3n) is 0.0825. The van der Waals surface area contributed by atoms with Gasteiger partial charge in [-0.3, -0.25) is 0 Å². The lowest BCUT2D eigenvalue weighted by Gasteiger charge is -1.59. The molecule has 0 aromatic heterocycles. The molecule has 0 unspecified atom stereocenters. The Bertz CT molecular complexity index is 62.7. The molecule has 0 radical (unpaired) electrons. The molecule has 0 aromatic carbocycles. The van der Waals surface area contributed by atoms with Crippen LogP contribution in [0.25, 0.3) is 0 Å². The van der Waals surface area contributed by atoms with Gasteiger partial charge < -0.3 is 0 Å². The van der Waals surface area contributed by atoms with Gasteiger partial charge in [0.05, 0.1) is 0 Å². The SMILES string of the molecule is C=C.C=C.FC=C(F)F. The van der Waals surface area contributed by atoms with Gasteiger partial charge in [-0.1, -0.05) is 0 Å². The van der Waals surface area contributed by atoms with E-state index >= 15 is 0 Å². The second kappa shape index (κ2) is 27.9. The van der Waals surface area contributed by atoms with Gasteiger partial charge in [-0.15, -0.1) is 26.3 Å². The first kappa shape index (κ1) is 15.7. The summed E-state index contributed by atoms with van der Waals surface area (Å²) >= 11 is 0. The molecule has 0 spiro atoms. The molecule has 0 rings (SSSR count). The Morgan fingerprint density at radius 3 is 1.11 bits per heavy atom. The van der Waals surface area contributed by atoms with Crippen LogP contribution in [0.2, 0.25) is 0 Å². The molecule has 0 aromatic rings. The van der Waals surface area contributed by atoms with E-state index in [0.717, 1.165) is 0 Å². The van der Waals surface area contributed by atoms with E-state index in [0.29, 0.717) is 0 Å². The van der Waals surface area contributed by atoms with Gasteiger partial charge in [0, 0.05) is 0 Å². The Labute approximate surface area is 53.0 Å². The van der Waals surface area contributed by atoms with Crippen molar-refractivity contribution in [1.29, 1.82) is 0 Å². The quantitative estimate of drug-likeness (QED) is 0.450. The Morgan fingerprint density at radius 2 is 1.11 bits per heavy atom. The van der Waals surface area contributed by atoms with Crippen LogP contribution in [-0.2, 0) is 0 Å². The number of hydrogen-bond acceptors (Lipinski definition) is 0. The summed E-state index contributed by atoms with van der Waals surface area (Å²) in [4.78, 5) is 0. The van der Waals surface area contributed by atoms with Crippen molar-refractivity contribution in [2.75, 3.05) is 0 Å². The Balaban J connectivity index is -0.0000000771. The van der Waals surface area contributed by atoms with E-state index in [2.05, 4.69) is 26.3 Å². The number of rotatable bonds is 0. The molecule has 0 saturated carbocycles. The lowest BCUT2D eigenvalue weighted by atomic mass is 11.1. The molecule has 0 N–H and O–H groups in total. The van der Waals surface area contributed by atoms with Crippen molar-refractivity contribution >= 4 is 0 Å². The zero-order valence-electron chi connectivity index (χ0n) is 5.04. The lowest BCUT2D eigenvalue weighted by Crippen LogP contribution is -1.42. The topological polar surface area (TPSA) is 0 Å². The van der Waals surface area contributed by atoms with E-state index in [1.54, 1.807) is 0 Å². The first-order valence-electron chi connectivity index (χ1n) is 1.88. The third kappa shape index (κ3) is 172. The Hall–Kier alpha value is -0.990. The van der Waals surface area contributed by atoms with E-state index in [9.17, 15) is 13.2 Å². The minimum Gasteiger partial charge on any atom is -0.210 e. The molecule has 0 saturated heterocycles. The minimum atomic E-state index is -2.29. The van der Waals surface area contributed by atoms with Crippen LogP contribution in [0.4, 0.5) is 13.2 Å². The summed E-state index contributed by atoms with van der Waals surface area (Å²) in [5.74, 6) is 0. The summed E-state index contributed by atoms with van der Waals surface area (Å²) in [6.07, 6.45) is -3.04. The normalized spacial score (nSPS) is 4.78. The van der Waals surface area contributed by atoms with Crippen molar-refractivity contribution in [3.05, 3.63) is 38.7 Å². The highest BCUT2D eigenvalue weighted by Crippen LogP contribution is 1.93. The summed E-state index contributed by atoms with van der Waals surface area (Å²) in [5, 5.41) is 0. The summed E-state index contributed by atoms with van der Waals surface area (Å²) in [6.45, 7) is 12.0. The van der Waals surface area contributed by atoms with Gasteiger partial charge in [-0.05, 0) is 0 Å². The Kier molecular flexibility index (Phi) is 48.7. The third-order valence-corrected chi connectivity index (χ3v) is 0.0825. The van der Waals surface area contributed by atoms with Gasteiger partial charge in [-0.25, -0.2) is 4.39 Å². The first-order chi connectivity index (χ1) is 4.27. The molecule has 0 aliphatic rings. The summed E-state index contributed by atoms with van der Waals surface area (Å²) in [7, 11) is 0. The van der Waals surface area contributed by atoms with Crippen LogP contribution < -0.4 is 0 Å². The highest BCUT2D eigenvalue weighted by Gasteiger charge is 1.78. The highest BCUT2D eigenvalue weighted by molar-refractivity contribution is 4.66. The van der Waals surface area contributed by atoms with E-state index in [-0.39, 0.29) is 0 Å². The van der Waals surface area contributed by atoms with Crippen molar-refractivity contribution in [2.45, 2.75) is 0 Å². The molecule has 0 fully saturated rings. The summed E-state index contributed by atoms with van der Waals surface area (Å²) in [6, 6.07) is 0. The van der Waals surface area contributed by atoms with Gasteiger partial charge >= 0.3 is 0 Å². The number of halogens is 3. The second-order valence-corrected chi connectivity index (χ2v) is 0.399. The molecule has 0 atom stereocenters. The van der Waals surface area contributed by atoms with E-state index in [1.165, 1.54) is 0 Å². The molecule has 0 amide bonds. The lowest BCUT2D eigenvalue weighted by molar-refractivity contribution is 0.400. The molecule has 54 valence electrons. The highest BCUT2D eigenvalue weighted by atomic mass is 19.3. The van der Waals surface area contributed by atoms with Gasteiger partial charge in [0.2, 0.25) is 0 Å². The second-order valence-electron chi connectivity index (χ2n) is 0.399. The molecule has 0 heterocycles. The molecule has 0 bridgehead atoms. The van der Waals surface area contributed by atoms with Gasteiger partial charge in [0.15, 0.2) is 6.33 Å². The van der Waals surface area contributed by atoms with Crippen LogP contribution in [0.15, 0.2) is 38.7 Å². The predicted molar refractivity (Wildman–Crippen MR) is 33.9 cm³/mol. The van der Waals surface area contributed by atoms with Crippen LogP contribution in [-0.4, -0.2) is 0 Å². The molecule has 0 nitrogen and oxygen atoms in total. The zero-order valence-corrected chi connectivity index (χ0v) is 5.04. The van der Waals surface area contributed by atoms with Gasteiger partial charge in [-0.2, -0.15) is 8.78 Å². The van der Waals surface area contributed by atoms with Crippen molar-refractivity contribution in [3.63, 3.8) is 0 Å². The zero-order chi connectivity index (χ0) is 8.28. The first-order valence-corrected chi connectivity index (χ1v) is 1.88. The molecule has 0 aliphatic carbocycles. The van der Waals surface area contributed by atoms with Crippen LogP contribution in [0.1, 0.15) is 0 Å². The van der Waals surface area contributed by atoms with Crippen molar-refractivity contribution in [2.24, 2.45) is 0 Å². The van der Waals surface area contributed by atoms with Crippen LogP contribution in [0.5, 0.6) is 0 Å². The molecule has 3 heteroatoms. The average Bonchev–Trinajstić information content (AvgIpc) is 1.97. The van der Waals surface area contributed by atoms with E-state index in [4.69, 9.17) is 0 Å².